The first-order valence-electron chi connectivity index (χ1n) is 4.77. The minimum atomic E-state index is 0.314. The summed E-state index contributed by atoms with van der Waals surface area (Å²) in [6.45, 7) is 7.29. The maximum Gasteiger partial charge on any atom is 0.159 e. The lowest BCUT2D eigenvalue weighted by molar-refractivity contribution is 0.124. The second kappa shape index (κ2) is 5.32. The molecule has 14 heavy (non-hydrogen) atoms. The molecule has 1 heterocycles. The Kier molecular flexibility index (Phi) is 4.35. The van der Waals surface area contributed by atoms with Gasteiger partial charge in [-0.1, -0.05) is 0 Å². The largest absolute Gasteiger partial charge is 0.374 e. The van der Waals surface area contributed by atoms with Gasteiger partial charge in [0, 0.05) is 12.6 Å². The van der Waals surface area contributed by atoms with Crippen LogP contribution in [-0.4, -0.2) is 21.4 Å². The van der Waals surface area contributed by atoms with Crippen LogP contribution in [0.1, 0.15) is 38.5 Å². The van der Waals surface area contributed by atoms with Crippen molar-refractivity contribution in [3.8, 4) is 0 Å². The lowest BCUT2D eigenvalue weighted by Crippen LogP contribution is -2.10. The average molecular weight is 218 g/mol. The molecule has 0 saturated heterocycles. The Morgan fingerprint density at radius 2 is 2.00 bits per heavy atom. The first-order chi connectivity index (χ1) is 6.70. The van der Waals surface area contributed by atoms with E-state index < -0.39 is 0 Å². The summed E-state index contributed by atoms with van der Waals surface area (Å²) in [4.78, 5) is 0. The van der Waals surface area contributed by atoms with E-state index in [0.717, 1.165) is 11.6 Å². The van der Waals surface area contributed by atoms with Crippen LogP contribution in [0.15, 0.2) is 0 Å². The van der Waals surface area contributed by atoms with Crippen LogP contribution >= 0.6 is 11.6 Å². The predicted molar refractivity (Wildman–Crippen MR) is 55.3 cm³/mol. The summed E-state index contributed by atoms with van der Waals surface area (Å²) in [5.41, 5.74) is 0. The SMILES string of the molecule is CCOCc1nnc(CCl)n1C(C)C. The van der Waals surface area contributed by atoms with Gasteiger partial charge in [0.25, 0.3) is 0 Å². The molecule has 0 atom stereocenters. The van der Waals surface area contributed by atoms with Crippen LogP contribution in [0.3, 0.4) is 0 Å². The molecule has 1 rings (SSSR count). The third-order valence-electron chi connectivity index (χ3n) is 1.91. The van der Waals surface area contributed by atoms with E-state index in [1.807, 2.05) is 11.5 Å². The van der Waals surface area contributed by atoms with Gasteiger partial charge in [0.15, 0.2) is 5.82 Å². The van der Waals surface area contributed by atoms with Crippen molar-refractivity contribution in [2.75, 3.05) is 6.61 Å². The van der Waals surface area contributed by atoms with Crippen molar-refractivity contribution in [3.63, 3.8) is 0 Å². The smallest absolute Gasteiger partial charge is 0.159 e. The second-order valence-corrected chi connectivity index (χ2v) is 3.53. The molecule has 4 nitrogen and oxygen atoms in total. The van der Waals surface area contributed by atoms with Gasteiger partial charge in [-0.2, -0.15) is 0 Å². The van der Waals surface area contributed by atoms with Crippen LogP contribution in [-0.2, 0) is 17.2 Å². The Hall–Kier alpha value is -0.610. The van der Waals surface area contributed by atoms with Crippen molar-refractivity contribution in [2.24, 2.45) is 0 Å². The molecule has 0 saturated carbocycles. The molecule has 0 aliphatic rings. The highest BCUT2D eigenvalue weighted by Gasteiger charge is 2.13. The summed E-state index contributed by atoms with van der Waals surface area (Å²) in [5.74, 6) is 2.03. The number of aromatic nitrogens is 3. The van der Waals surface area contributed by atoms with Gasteiger partial charge in [-0.25, -0.2) is 0 Å². The van der Waals surface area contributed by atoms with Crippen molar-refractivity contribution in [1.82, 2.24) is 14.8 Å². The zero-order chi connectivity index (χ0) is 10.6. The molecule has 0 aliphatic carbocycles. The molecule has 0 amide bonds. The Balaban J connectivity index is 2.87. The van der Waals surface area contributed by atoms with Crippen LogP contribution in [0.4, 0.5) is 0 Å². The molecular formula is C9H16ClN3O. The van der Waals surface area contributed by atoms with Gasteiger partial charge in [0.2, 0.25) is 0 Å². The number of hydrogen-bond donors (Lipinski definition) is 0. The number of ether oxygens (including phenoxy) is 1. The molecule has 0 spiro atoms. The van der Waals surface area contributed by atoms with Gasteiger partial charge in [0.1, 0.15) is 12.4 Å². The lowest BCUT2D eigenvalue weighted by Gasteiger charge is -2.12. The average Bonchev–Trinajstić information content (AvgIpc) is 2.57. The van der Waals surface area contributed by atoms with Crippen LogP contribution in [0.25, 0.3) is 0 Å². The van der Waals surface area contributed by atoms with Crippen LogP contribution in [0.2, 0.25) is 0 Å². The summed E-state index contributed by atoms with van der Waals surface area (Å²) in [7, 11) is 0. The molecular weight excluding hydrogens is 202 g/mol. The normalized spacial score (nSPS) is 11.2. The minimum Gasteiger partial charge on any atom is -0.374 e. The summed E-state index contributed by atoms with van der Waals surface area (Å²) in [6.07, 6.45) is 0. The van der Waals surface area contributed by atoms with Crippen molar-refractivity contribution in [2.45, 2.75) is 39.3 Å². The molecule has 0 fully saturated rings. The Morgan fingerprint density at radius 3 is 2.50 bits per heavy atom. The summed E-state index contributed by atoms with van der Waals surface area (Å²) >= 11 is 5.76. The molecule has 1 aromatic heterocycles. The fourth-order valence-corrected chi connectivity index (χ4v) is 1.52. The van der Waals surface area contributed by atoms with Crippen LogP contribution in [0, 0.1) is 0 Å². The zero-order valence-corrected chi connectivity index (χ0v) is 9.58. The van der Waals surface area contributed by atoms with E-state index in [0.29, 0.717) is 25.1 Å². The fourth-order valence-electron chi connectivity index (χ4n) is 1.34. The van der Waals surface area contributed by atoms with Crippen LogP contribution < -0.4 is 0 Å². The monoisotopic (exact) mass is 217 g/mol. The van der Waals surface area contributed by atoms with E-state index in [4.69, 9.17) is 16.3 Å². The highest BCUT2D eigenvalue weighted by atomic mass is 35.5. The standard InChI is InChI=1S/C9H16ClN3O/c1-4-14-6-9-12-11-8(5-10)13(9)7(2)3/h7H,4-6H2,1-3H3. The molecule has 0 radical (unpaired) electrons. The minimum absolute atomic E-state index is 0.314. The van der Waals surface area contributed by atoms with E-state index in [1.54, 1.807) is 0 Å². The van der Waals surface area contributed by atoms with Crippen molar-refractivity contribution in [3.05, 3.63) is 11.6 Å². The fraction of sp³-hybridized carbons (Fsp3) is 0.778. The van der Waals surface area contributed by atoms with Gasteiger partial charge in [-0.15, -0.1) is 21.8 Å². The number of halogens is 1. The van der Waals surface area contributed by atoms with Crippen molar-refractivity contribution < 1.29 is 4.74 Å². The molecule has 1 aromatic rings. The Morgan fingerprint density at radius 1 is 1.36 bits per heavy atom. The number of alkyl halides is 1. The first-order valence-corrected chi connectivity index (χ1v) is 5.30. The molecule has 0 bridgehead atoms. The molecule has 80 valence electrons. The zero-order valence-electron chi connectivity index (χ0n) is 8.83. The van der Waals surface area contributed by atoms with Crippen molar-refractivity contribution >= 4 is 11.6 Å². The highest BCUT2D eigenvalue weighted by molar-refractivity contribution is 6.16. The van der Waals surface area contributed by atoms with E-state index >= 15 is 0 Å². The summed E-state index contributed by atoms with van der Waals surface area (Å²) in [6, 6.07) is 0.314. The molecule has 5 heteroatoms. The van der Waals surface area contributed by atoms with Gasteiger partial charge >= 0.3 is 0 Å². The third kappa shape index (κ3) is 2.45. The molecule has 0 aromatic carbocycles. The number of rotatable bonds is 5. The Labute approximate surface area is 89.2 Å². The molecule has 0 unspecified atom stereocenters. The van der Waals surface area contributed by atoms with Gasteiger partial charge in [-0.05, 0) is 20.8 Å². The van der Waals surface area contributed by atoms with E-state index in [9.17, 15) is 0 Å². The topological polar surface area (TPSA) is 39.9 Å². The summed E-state index contributed by atoms with van der Waals surface area (Å²) in [5, 5.41) is 8.06. The Bertz CT molecular complexity index is 286. The molecule has 0 N–H and O–H groups in total. The van der Waals surface area contributed by atoms with Crippen LogP contribution in [0.5, 0.6) is 0 Å². The first kappa shape index (κ1) is 11.5. The second-order valence-electron chi connectivity index (χ2n) is 3.27. The quantitative estimate of drug-likeness (QED) is 0.710. The van der Waals surface area contributed by atoms with E-state index in [2.05, 4.69) is 24.0 Å². The van der Waals surface area contributed by atoms with E-state index in [1.165, 1.54) is 0 Å². The van der Waals surface area contributed by atoms with Crippen molar-refractivity contribution in [1.29, 1.82) is 0 Å². The number of hydrogen-bond acceptors (Lipinski definition) is 3. The summed E-state index contributed by atoms with van der Waals surface area (Å²) < 4.78 is 7.32. The predicted octanol–water partition coefficient (Wildman–Crippen LogP) is 2.13. The third-order valence-corrected chi connectivity index (χ3v) is 2.15. The van der Waals surface area contributed by atoms with Gasteiger partial charge in [-0.3, -0.25) is 0 Å². The van der Waals surface area contributed by atoms with Gasteiger partial charge in [0.05, 0.1) is 5.88 Å². The maximum absolute atomic E-state index is 5.76. The maximum atomic E-state index is 5.76. The number of nitrogens with zero attached hydrogens (tertiary/aromatic N) is 3. The van der Waals surface area contributed by atoms with E-state index in [-0.39, 0.29) is 0 Å². The van der Waals surface area contributed by atoms with Gasteiger partial charge < -0.3 is 9.30 Å². The molecule has 0 aliphatic heterocycles. The lowest BCUT2D eigenvalue weighted by atomic mass is 10.3. The highest BCUT2D eigenvalue weighted by Crippen LogP contribution is 2.13.